The van der Waals surface area contributed by atoms with Gasteiger partial charge in [-0.3, -0.25) is 9.59 Å². The number of nitrogens with zero attached hydrogens (tertiary/aromatic N) is 2. The number of halogens is 2. The van der Waals surface area contributed by atoms with E-state index in [9.17, 15) is 14.9 Å². The molecule has 2 atom stereocenters. The van der Waals surface area contributed by atoms with Gasteiger partial charge in [0, 0.05) is 0 Å². The summed E-state index contributed by atoms with van der Waals surface area (Å²) in [5.74, 6) is -1.86. The van der Waals surface area contributed by atoms with Crippen LogP contribution in [0.1, 0.15) is 27.8 Å². The van der Waals surface area contributed by atoms with Gasteiger partial charge in [0.25, 0.3) is 0 Å². The summed E-state index contributed by atoms with van der Waals surface area (Å²) in [4.78, 5) is 29.1. The second-order valence-corrected chi connectivity index (χ2v) is 10.6. The summed E-state index contributed by atoms with van der Waals surface area (Å²) in [6.07, 6.45) is 0. The minimum Gasteiger partial charge on any atom is -0.274 e. The lowest BCUT2D eigenvalue weighted by atomic mass is 9.54. The number of rotatable bonds is 1. The molecule has 2 amide bonds. The van der Waals surface area contributed by atoms with Gasteiger partial charge in [-0.25, -0.2) is 4.90 Å². The van der Waals surface area contributed by atoms with Crippen molar-refractivity contribution in [3.8, 4) is 6.07 Å². The number of amides is 2. The molecule has 0 spiro atoms. The molecule has 31 heavy (non-hydrogen) atoms. The van der Waals surface area contributed by atoms with Gasteiger partial charge in [-0.15, -0.1) is 0 Å². The zero-order valence-corrected chi connectivity index (χ0v) is 19.2. The normalized spacial score (nSPS) is 29.9. The Hall–Kier alpha value is -2.75. The molecule has 3 aromatic carbocycles. The largest absolute Gasteiger partial charge is 0.274 e. The van der Waals surface area contributed by atoms with Crippen molar-refractivity contribution in [1.82, 2.24) is 0 Å². The molecule has 3 aliphatic carbocycles. The van der Waals surface area contributed by atoms with E-state index >= 15 is 0 Å². The van der Waals surface area contributed by atoms with Gasteiger partial charge < -0.3 is 0 Å². The number of anilines is 1. The van der Waals surface area contributed by atoms with E-state index in [0.717, 1.165) is 22.3 Å². The van der Waals surface area contributed by atoms with E-state index in [-0.39, 0.29) is 11.8 Å². The summed E-state index contributed by atoms with van der Waals surface area (Å²) in [5.41, 5.74) is 4.60. The fourth-order valence-electron chi connectivity index (χ4n) is 5.67. The minimum atomic E-state index is -0.830. The Labute approximate surface area is 195 Å². The summed E-state index contributed by atoms with van der Waals surface area (Å²) < 4.78 is -1.66. The fourth-order valence-corrected chi connectivity index (χ4v) is 7.97. The smallest absolute Gasteiger partial charge is 0.239 e. The lowest BCUT2D eigenvalue weighted by Gasteiger charge is -2.55. The predicted molar refractivity (Wildman–Crippen MR) is 123 cm³/mol. The van der Waals surface area contributed by atoms with Gasteiger partial charge in [0.15, 0.2) is 0 Å². The number of hydrogen-bond donors (Lipinski definition) is 0. The molecule has 1 heterocycles. The lowest BCUT2D eigenvalue weighted by Crippen LogP contribution is -2.56. The highest BCUT2D eigenvalue weighted by atomic mass is 79.9. The number of para-hydroxylation sites is 1. The van der Waals surface area contributed by atoms with Crippen molar-refractivity contribution < 1.29 is 9.59 Å². The van der Waals surface area contributed by atoms with Crippen LogP contribution in [0.2, 0.25) is 0 Å². The van der Waals surface area contributed by atoms with Crippen molar-refractivity contribution in [3.63, 3.8) is 0 Å². The number of carbonyl (C=O) groups excluding carboxylic acids is 2. The number of hydrogen-bond acceptors (Lipinski definition) is 3. The van der Waals surface area contributed by atoms with Crippen LogP contribution in [0.15, 0.2) is 72.8 Å². The highest BCUT2D eigenvalue weighted by Crippen LogP contribution is 2.70. The monoisotopic (exact) mass is 532 g/mol. The molecular weight excluding hydrogens is 520 g/mol. The highest BCUT2D eigenvalue weighted by Gasteiger charge is 2.72. The molecule has 0 saturated carbocycles. The van der Waals surface area contributed by atoms with E-state index in [0.29, 0.717) is 11.3 Å². The van der Waals surface area contributed by atoms with E-state index in [1.165, 1.54) is 4.90 Å². The van der Waals surface area contributed by atoms with Crippen LogP contribution in [0.25, 0.3) is 0 Å². The van der Waals surface area contributed by atoms with Crippen LogP contribution in [0.4, 0.5) is 5.69 Å². The zero-order valence-electron chi connectivity index (χ0n) is 16.0. The lowest BCUT2D eigenvalue weighted by molar-refractivity contribution is -0.122. The molecule has 6 heteroatoms. The quantitative estimate of drug-likeness (QED) is 0.328. The van der Waals surface area contributed by atoms with Crippen molar-refractivity contribution in [2.75, 3.05) is 4.90 Å². The van der Waals surface area contributed by atoms with E-state index in [1.807, 2.05) is 48.5 Å². The number of benzene rings is 3. The number of alkyl halides is 2. The van der Waals surface area contributed by atoms with Gasteiger partial charge in [0.1, 0.15) is 6.07 Å². The number of carbonyl (C=O) groups is 2. The summed E-state index contributed by atoms with van der Waals surface area (Å²) in [6, 6.07) is 24.8. The van der Waals surface area contributed by atoms with E-state index in [4.69, 9.17) is 0 Å². The summed E-state index contributed by atoms with van der Waals surface area (Å²) in [5, 5.41) is 9.59. The average molecular weight is 534 g/mol. The highest BCUT2D eigenvalue weighted by molar-refractivity contribution is 9.10. The molecule has 1 aliphatic heterocycles. The zero-order chi connectivity index (χ0) is 21.5. The first-order valence-electron chi connectivity index (χ1n) is 9.90. The van der Waals surface area contributed by atoms with Crippen molar-refractivity contribution in [1.29, 1.82) is 5.26 Å². The van der Waals surface area contributed by atoms with Crippen molar-refractivity contribution in [3.05, 3.63) is 101 Å². The van der Waals surface area contributed by atoms with Gasteiger partial charge in [0.05, 0.1) is 31.7 Å². The van der Waals surface area contributed by atoms with Crippen LogP contribution >= 0.6 is 31.9 Å². The Morgan fingerprint density at radius 3 is 1.52 bits per heavy atom. The van der Waals surface area contributed by atoms with Crippen LogP contribution < -0.4 is 4.90 Å². The van der Waals surface area contributed by atoms with Gasteiger partial charge in [0.2, 0.25) is 11.8 Å². The Balaban J connectivity index is 1.68. The van der Waals surface area contributed by atoms with Gasteiger partial charge in [-0.05, 0) is 34.4 Å². The van der Waals surface area contributed by atoms with E-state index in [2.05, 4.69) is 37.9 Å². The first-order valence-corrected chi connectivity index (χ1v) is 11.5. The maximum atomic E-state index is 13.9. The first-order chi connectivity index (χ1) is 15.0. The van der Waals surface area contributed by atoms with Crippen LogP contribution in [0.5, 0.6) is 0 Å². The van der Waals surface area contributed by atoms with Crippen LogP contribution in [-0.2, 0) is 18.2 Å². The SMILES string of the molecule is N#Cc1ccccc1N1C(=O)[C@@H]2[C@@H](C1=O)C1(Br)c3ccccc3C2(Br)c2ccccc21. The Bertz CT molecular complexity index is 1240. The van der Waals surface area contributed by atoms with E-state index < -0.39 is 20.5 Å². The van der Waals surface area contributed by atoms with E-state index in [1.54, 1.807) is 24.3 Å². The third kappa shape index (κ3) is 2.04. The molecular formula is C25H14Br2N2O2. The number of imide groups is 1. The Morgan fingerprint density at radius 1 is 0.710 bits per heavy atom. The third-order valence-electron chi connectivity index (χ3n) is 6.85. The Morgan fingerprint density at radius 2 is 1.10 bits per heavy atom. The topological polar surface area (TPSA) is 61.2 Å². The van der Waals surface area contributed by atoms with Crippen molar-refractivity contribution in [2.45, 2.75) is 8.65 Å². The maximum absolute atomic E-state index is 13.9. The second kappa shape index (κ2) is 6.15. The molecule has 0 radical (unpaired) electrons. The average Bonchev–Trinajstić information content (AvgIpc) is 3.08. The van der Waals surface area contributed by atoms with Gasteiger partial charge in [-0.2, -0.15) is 5.26 Å². The molecule has 2 bridgehead atoms. The standard InChI is InChI=1S/C25H14Br2N2O2/c26-24-15-8-2-3-9-16(15)25(27,18-11-5-4-10-17(18)24)21-20(24)22(30)29(23(21)31)19-12-6-1-7-14(19)13-28/h1-12,20-21H/t20-,21-,24?,25?/m0/s1. The predicted octanol–water partition coefficient (Wildman–Crippen LogP) is 4.97. The third-order valence-corrected chi connectivity index (χ3v) is 9.55. The fraction of sp³-hybridized carbons (Fsp3) is 0.160. The number of nitriles is 1. The molecule has 3 aromatic rings. The maximum Gasteiger partial charge on any atom is 0.239 e. The van der Waals surface area contributed by atoms with Crippen LogP contribution in [0, 0.1) is 23.2 Å². The summed E-state index contributed by atoms with van der Waals surface area (Å²) in [7, 11) is 0. The molecule has 1 fully saturated rings. The van der Waals surface area contributed by atoms with Gasteiger partial charge >= 0.3 is 0 Å². The van der Waals surface area contributed by atoms with Crippen molar-refractivity contribution in [2.24, 2.45) is 11.8 Å². The summed E-state index contributed by atoms with van der Waals surface area (Å²) in [6.45, 7) is 0. The molecule has 4 aliphatic rings. The molecule has 150 valence electrons. The second-order valence-electron chi connectivity index (χ2n) is 8.11. The first kappa shape index (κ1) is 19.0. The molecule has 4 nitrogen and oxygen atoms in total. The molecule has 0 unspecified atom stereocenters. The minimum absolute atomic E-state index is 0.289. The molecule has 7 rings (SSSR count). The molecule has 1 saturated heterocycles. The van der Waals surface area contributed by atoms with Crippen LogP contribution in [-0.4, -0.2) is 11.8 Å². The van der Waals surface area contributed by atoms with Crippen molar-refractivity contribution >= 4 is 49.4 Å². The Kier molecular flexibility index (Phi) is 3.77. The summed E-state index contributed by atoms with van der Waals surface area (Å²) >= 11 is 7.96. The molecule has 0 N–H and O–H groups in total. The van der Waals surface area contributed by atoms with Gasteiger partial charge in [-0.1, -0.05) is 92.5 Å². The van der Waals surface area contributed by atoms with Crippen LogP contribution in [0.3, 0.4) is 0 Å². The molecule has 0 aromatic heterocycles.